The average molecular weight is 163 g/mol. The molecule has 0 saturated carbocycles. The molecule has 0 amide bonds. The zero-order valence-corrected chi connectivity index (χ0v) is 8.09. The molecule has 1 nitrogen and oxygen atoms in total. The highest BCUT2D eigenvalue weighted by Crippen LogP contribution is 2.14. The van der Waals surface area contributed by atoms with Crippen LogP contribution in [-0.2, 0) is 0 Å². The minimum absolute atomic E-state index is 0.343. The molecule has 0 aliphatic carbocycles. The molecule has 0 unspecified atom stereocenters. The third kappa shape index (κ3) is 3.42. The number of anilines is 1. The van der Waals surface area contributed by atoms with E-state index in [0.717, 1.165) is 6.54 Å². The molecule has 66 valence electrons. The van der Waals surface area contributed by atoms with Crippen molar-refractivity contribution in [1.29, 1.82) is 0 Å². The molecule has 0 atom stereocenters. The van der Waals surface area contributed by atoms with Crippen molar-refractivity contribution in [3.63, 3.8) is 0 Å². The van der Waals surface area contributed by atoms with Crippen LogP contribution in [0, 0.1) is 5.41 Å². The molecule has 1 rings (SSSR count). The molecular formula is C11H17N. The van der Waals surface area contributed by atoms with Gasteiger partial charge in [0.15, 0.2) is 0 Å². The fourth-order valence-electron chi connectivity index (χ4n) is 0.923. The van der Waals surface area contributed by atoms with Gasteiger partial charge in [-0.05, 0) is 17.5 Å². The van der Waals surface area contributed by atoms with Crippen LogP contribution in [0.4, 0.5) is 5.69 Å². The molecule has 0 fully saturated rings. The minimum atomic E-state index is 0.343. The number of nitrogens with one attached hydrogen (secondary N) is 1. The third-order valence-electron chi connectivity index (χ3n) is 1.60. The van der Waals surface area contributed by atoms with Crippen LogP contribution in [-0.4, -0.2) is 6.54 Å². The first kappa shape index (κ1) is 9.11. The van der Waals surface area contributed by atoms with Gasteiger partial charge in [-0.15, -0.1) is 0 Å². The fourth-order valence-corrected chi connectivity index (χ4v) is 0.923. The Labute approximate surface area is 74.8 Å². The highest BCUT2D eigenvalue weighted by molar-refractivity contribution is 5.42. The Hall–Kier alpha value is -0.980. The molecule has 0 bridgehead atoms. The first-order valence-corrected chi connectivity index (χ1v) is 4.37. The summed E-state index contributed by atoms with van der Waals surface area (Å²) >= 11 is 0. The second-order valence-electron chi connectivity index (χ2n) is 4.28. The Bertz CT molecular complexity index is 221. The van der Waals surface area contributed by atoms with Crippen LogP contribution in [0.1, 0.15) is 20.8 Å². The maximum absolute atomic E-state index is 3.38. The minimum Gasteiger partial charge on any atom is -0.385 e. The van der Waals surface area contributed by atoms with Crippen LogP contribution in [0.2, 0.25) is 0 Å². The predicted molar refractivity (Wildman–Crippen MR) is 54.4 cm³/mol. The topological polar surface area (TPSA) is 12.0 Å². The number of rotatable bonds is 2. The molecule has 0 heterocycles. The lowest BCUT2D eigenvalue weighted by molar-refractivity contribution is 0.443. The van der Waals surface area contributed by atoms with E-state index in [-0.39, 0.29) is 0 Å². The first-order valence-electron chi connectivity index (χ1n) is 4.37. The summed E-state index contributed by atoms with van der Waals surface area (Å²) in [6, 6.07) is 10.3. The smallest absolute Gasteiger partial charge is 0.0340 e. The maximum atomic E-state index is 3.38. The second kappa shape index (κ2) is 3.61. The Kier molecular flexibility index (Phi) is 2.74. The number of hydrogen-bond acceptors (Lipinski definition) is 1. The standard InChI is InChI=1S/C11H17N/c1-11(2,3)9-12-10-7-5-4-6-8-10/h4-8,12H,9H2,1-3H3. The van der Waals surface area contributed by atoms with E-state index in [9.17, 15) is 0 Å². The molecule has 1 heteroatoms. The van der Waals surface area contributed by atoms with E-state index in [2.05, 4.69) is 38.2 Å². The Morgan fingerprint density at radius 3 is 2.17 bits per heavy atom. The Balaban J connectivity index is 2.44. The van der Waals surface area contributed by atoms with E-state index in [1.807, 2.05) is 18.2 Å². The highest BCUT2D eigenvalue weighted by Gasteiger charge is 2.08. The first-order chi connectivity index (χ1) is 5.58. The normalized spacial score (nSPS) is 11.2. The van der Waals surface area contributed by atoms with E-state index in [1.165, 1.54) is 5.69 Å². The molecule has 0 aliphatic heterocycles. The summed E-state index contributed by atoms with van der Waals surface area (Å²) in [6.45, 7) is 7.69. The van der Waals surface area contributed by atoms with Gasteiger partial charge in [-0.25, -0.2) is 0 Å². The molecule has 0 radical (unpaired) electrons. The van der Waals surface area contributed by atoms with Crippen molar-refractivity contribution in [2.75, 3.05) is 11.9 Å². The molecule has 1 aromatic carbocycles. The lowest BCUT2D eigenvalue weighted by Crippen LogP contribution is -2.18. The molecule has 0 aliphatic rings. The summed E-state index contributed by atoms with van der Waals surface area (Å²) in [5.74, 6) is 0. The average Bonchev–Trinajstić information content (AvgIpc) is 2.02. The van der Waals surface area contributed by atoms with Crippen LogP contribution in [0.25, 0.3) is 0 Å². The van der Waals surface area contributed by atoms with Crippen molar-refractivity contribution >= 4 is 5.69 Å². The van der Waals surface area contributed by atoms with Gasteiger partial charge in [0.1, 0.15) is 0 Å². The predicted octanol–water partition coefficient (Wildman–Crippen LogP) is 3.14. The zero-order valence-electron chi connectivity index (χ0n) is 8.09. The lowest BCUT2D eigenvalue weighted by Gasteiger charge is -2.19. The van der Waals surface area contributed by atoms with E-state index in [0.29, 0.717) is 5.41 Å². The molecule has 1 aromatic rings. The van der Waals surface area contributed by atoms with Crippen LogP contribution < -0.4 is 5.32 Å². The van der Waals surface area contributed by atoms with E-state index >= 15 is 0 Å². The number of hydrogen-bond donors (Lipinski definition) is 1. The van der Waals surface area contributed by atoms with Crippen molar-refractivity contribution in [2.24, 2.45) is 5.41 Å². The summed E-state index contributed by atoms with van der Waals surface area (Å²) in [7, 11) is 0. The van der Waals surface area contributed by atoms with Crippen molar-refractivity contribution in [2.45, 2.75) is 20.8 Å². The molecule has 0 saturated heterocycles. The van der Waals surface area contributed by atoms with Gasteiger partial charge in [-0.3, -0.25) is 0 Å². The summed E-state index contributed by atoms with van der Waals surface area (Å²) in [4.78, 5) is 0. The van der Waals surface area contributed by atoms with Crippen LogP contribution in [0.5, 0.6) is 0 Å². The largest absolute Gasteiger partial charge is 0.385 e. The molecule has 0 aromatic heterocycles. The fraction of sp³-hybridized carbons (Fsp3) is 0.455. The van der Waals surface area contributed by atoms with E-state index in [4.69, 9.17) is 0 Å². The van der Waals surface area contributed by atoms with Gasteiger partial charge in [0.05, 0.1) is 0 Å². The lowest BCUT2D eigenvalue weighted by atomic mass is 9.97. The Morgan fingerprint density at radius 2 is 1.67 bits per heavy atom. The van der Waals surface area contributed by atoms with Gasteiger partial charge in [0, 0.05) is 12.2 Å². The summed E-state index contributed by atoms with van der Waals surface area (Å²) in [6.07, 6.45) is 0. The van der Waals surface area contributed by atoms with Crippen molar-refractivity contribution in [1.82, 2.24) is 0 Å². The SMILES string of the molecule is CC(C)(C)CNc1ccccc1. The summed E-state index contributed by atoms with van der Waals surface area (Å²) in [5, 5.41) is 3.38. The summed E-state index contributed by atoms with van der Waals surface area (Å²) < 4.78 is 0. The quantitative estimate of drug-likeness (QED) is 0.706. The highest BCUT2D eigenvalue weighted by atomic mass is 14.9. The van der Waals surface area contributed by atoms with Gasteiger partial charge >= 0.3 is 0 Å². The second-order valence-corrected chi connectivity index (χ2v) is 4.28. The van der Waals surface area contributed by atoms with Gasteiger partial charge in [0.2, 0.25) is 0 Å². The van der Waals surface area contributed by atoms with Crippen molar-refractivity contribution in [3.05, 3.63) is 30.3 Å². The number of benzene rings is 1. The third-order valence-corrected chi connectivity index (χ3v) is 1.60. The number of para-hydroxylation sites is 1. The van der Waals surface area contributed by atoms with Crippen LogP contribution in [0.3, 0.4) is 0 Å². The van der Waals surface area contributed by atoms with E-state index < -0.39 is 0 Å². The Morgan fingerprint density at radius 1 is 1.08 bits per heavy atom. The van der Waals surface area contributed by atoms with Crippen molar-refractivity contribution < 1.29 is 0 Å². The monoisotopic (exact) mass is 163 g/mol. The molecule has 12 heavy (non-hydrogen) atoms. The van der Waals surface area contributed by atoms with Crippen molar-refractivity contribution in [3.8, 4) is 0 Å². The molecule has 0 spiro atoms. The maximum Gasteiger partial charge on any atom is 0.0340 e. The van der Waals surface area contributed by atoms with E-state index in [1.54, 1.807) is 0 Å². The zero-order chi connectivity index (χ0) is 9.03. The van der Waals surface area contributed by atoms with Crippen LogP contribution >= 0.6 is 0 Å². The van der Waals surface area contributed by atoms with Gasteiger partial charge in [-0.2, -0.15) is 0 Å². The van der Waals surface area contributed by atoms with Gasteiger partial charge < -0.3 is 5.32 Å². The summed E-state index contributed by atoms with van der Waals surface area (Å²) in [5.41, 5.74) is 1.54. The van der Waals surface area contributed by atoms with Gasteiger partial charge in [0.25, 0.3) is 0 Å². The molecular weight excluding hydrogens is 146 g/mol. The molecule has 1 N–H and O–H groups in total. The van der Waals surface area contributed by atoms with Crippen LogP contribution in [0.15, 0.2) is 30.3 Å². The van der Waals surface area contributed by atoms with Gasteiger partial charge in [-0.1, -0.05) is 39.0 Å².